The van der Waals surface area contributed by atoms with Crippen molar-refractivity contribution in [2.75, 3.05) is 0 Å². The van der Waals surface area contributed by atoms with Crippen LogP contribution in [0.15, 0.2) is 0 Å². The van der Waals surface area contributed by atoms with Crippen molar-refractivity contribution in [1.29, 1.82) is 0 Å². The average molecular weight is 186 g/mol. The summed E-state index contributed by atoms with van der Waals surface area (Å²) in [5.74, 6) is -1.21. The first-order chi connectivity index (χ1) is 6.13. The van der Waals surface area contributed by atoms with Gasteiger partial charge < -0.3 is 10.2 Å². The van der Waals surface area contributed by atoms with Crippen LogP contribution in [0.4, 0.5) is 0 Å². The molecule has 1 aliphatic carbocycles. The van der Waals surface area contributed by atoms with Crippen LogP contribution in [0.5, 0.6) is 0 Å². The minimum atomic E-state index is -0.845. The molecule has 2 atom stereocenters. The van der Waals surface area contributed by atoms with Crippen LogP contribution in [0.2, 0.25) is 0 Å². The summed E-state index contributed by atoms with van der Waals surface area (Å²) in [5, 5.41) is 18.3. The van der Waals surface area contributed by atoms with Crippen LogP contribution in [0.1, 0.15) is 39.0 Å². The second-order valence-electron chi connectivity index (χ2n) is 4.00. The average Bonchev–Trinajstić information content (AvgIpc) is 2.04. The predicted octanol–water partition coefficient (Wildman–Crippen LogP) is 1.65. The van der Waals surface area contributed by atoms with Gasteiger partial charge in [0.2, 0.25) is 0 Å². The Balaban J connectivity index is 2.57. The highest BCUT2D eigenvalue weighted by Crippen LogP contribution is 2.31. The lowest BCUT2D eigenvalue weighted by Gasteiger charge is -2.29. The van der Waals surface area contributed by atoms with E-state index < -0.39 is 18.0 Å². The molecule has 1 fully saturated rings. The van der Waals surface area contributed by atoms with Gasteiger partial charge in [-0.25, -0.2) is 0 Å². The van der Waals surface area contributed by atoms with Crippen LogP contribution in [0.3, 0.4) is 0 Å². The fraction of sp³-hybridized carbons (Fsp3) is 0.900. The number of carbonyl (C=O) groups is 1. The number of aliphatic carboxylic acids is 1. The molecule has 0 bridgehead atoms. The summed E-state index contributed by atoms with van der Waals surface area (Å²) in [5.41, 5.74) is 0. The molecule has 1 rings (SSSR count). The van der Waals surface area contributed by atoms with Crippen LogP contribution in [0, 0.1) is 11.8 Å². The van der Waals surface area contributed by atoms with Crippen molar-refractivity contribution in [1.82, 2.24) is 0 Å². The molecule has 0 heterocycles. The lowest BCUT2D eigenvalue weighted by atomic mass is 9.78. The normalized spacial score (nSPS) is 23.8. The zero-order valence-electron chi connectivity index (χ0n) is 8.07. The van der Waals surface area contributed by atoms with Crippen molar-refractivity contribution in [3.8, 4) is 0 Å². The van der Waals surface area contributed by atoms with Gasteiger partial charge in [0.1, 0.15) is 0 Å². The molecule has 0 unspecified atom stereocenters. The van der Waals surface area contributed by atoms with Crippen molar-refractivity contribution in [2.45, 2.75) is 45.1 Å². The largest absolute Gasteiger partial charge is 0.481 e. The maximum absolute atomic E-state index is 10.9. The van der Waals surface area contributed by atoms with E-state index in [2.05, 4.69) is 0 Å². The number of hydrogen-bond acceptors (Lipinski definition) is 2. The van der Waals surface area contributed by atoms with Gasteiger partial charge in [0.25, 0.3) is 0 Å². The number of rotatable bonds is 3. The van der Waals surface area contributed by atoms with E-state index in [0.717, 1.165) is 25.7 Å². The highest BCUT2D eigenvalue weighted by Gasteiger charge is 2.32. The second-order valence-corrected chi connectivity index (χ2v) is 4.00. The topological polar surface area (TPSA) is 57.5 Å². The van der Waals surface area contributed by atoms with E-state index in [-0.39, 0.29) is 5.92 Å². The molecule has 13 heavy (non-hydrogen) atoms. The molecular formula is C10H18O3. The molecule has 0 saturated heterocycles. The van der Waals surface area contributed by atoms with Crippen molar-refractivity contribution in [2.24, 2.45) is 11.8 Å². The lowest BCUT2D eigenvalue weighted by Crippen LogP contribution is -2.34. The molecule has 1 saturated carbocycles. The molecule has 0 aromatic heterocycles. The van der Waals surface area contributed by atoms with E-state index in [0.29, 0.717) is 0 Å². The quantitative estimate of drug-likeness (QED) is 0.704. The van der Waals surface area contributed by atoms with Crippen molar-refractivity contribution >= 4 is 5.97 Å². The lowest BCUT2D eigenvalue weighted by molar-refractivity contribution is -0.148. The smallest absolute Gasteiger partial charge is 0.309 e. The third-order valence-electron chi connectivity index (χ3n) is 2.96. The van der Waals surface area contributed by atoms with Gasteiger partial charge in [-0.1, -0.05) is 19.3 Å². The van der Waals surface area contributed by atoms with E-state index >= 15 is 0 Å². The first kappa shape index (κ1) is 10.5. The monoisotopic (exact) mass is 186 g/mol. The van der Waals surface area contributed by atoms with Gasteiger partial charge in [-0.15, -0.1) is 0 Å². The zero-order chi connectivity index (χ0) is 9.84. The number of aliphatic hydroxyl groups excluding tert-OH is 1. The maximum atomic E-state index is 10.9. The molecule has 1 aliphatic rings. The Morgan fingerprint density at radius 3 is 2.23 bits per heavy atom. The Morgan fingerprint density at radius 2 is 1.85 bits per heavy atom. The summed E-state index contributed by atoms with van der Waals surface area (Å²) in [6, 6.07) is 0. The predicted molar refractivity (Wildman–Crippen MR) is 49.4 cm³/mol. The molecule has 0 aliphatic heterocycles. The fourth-order valence-corrected chi connectivity index (χ4v) is 2.30. The summed E-state index contributed by atoms with van der Waals surface area (Å²) in [4.78, 5) is 10.9. The molecule has 2 N–H and O–H groups in total. The van der Waals surface area contributed by atoms with E-state index in [1.165, 1.54) is 6.42 Å². The van der Waals surface area contributed by atoms with Gasteiger partial charge in [-0.2, -0.15) is 0 Å². The van der Waals surface area contributed by atoms with Gasteiger partial charge in [0, 0.05) is 0 Å². The van der Waals surface area contributed by atoms with E-state index in [4.69, 9.17) is 5.11 Å². The Hall–Kier alpha value is -0.570. The molecule has 0 aromatic carbocycles. The highest BCUT2D eigenvalue weighted by atomic mass is 16.4. The molecule has 0 radical (unpaired) electrons. The fourth-order valence-electron chi connectivity index (χ4n) is 2.30. The Bertz CT molecular complexity index is 171. The summed E-state index contributed by atoms with van der Waals surface area (Å²) >= 11 is 0. The molecule has 3 heteroatoms. The van der Waals surface area contributed by atoms with Gasteiger partial charge in [-0.3, -0.25) is 4.79 Å². The Labute approximate surface area is 78.8 Å². The van der Waals surface area contributed by atoms with Crippen LogP contribution in [-0.2, 0) is 4.79 Å². The van der Waals surface area contributed by atoms with Gasteiger partial charge in [-0.05, 0) is 25.7 Å². The molecular weight excluding hydrogens is 168 g/mol. The molecule has 76 valence electrons. The third kappa shape index (κ3) is 2.69. The molecule has 0 aromatic rings. The minimum absolute atomic E-state index is 0.186. The number of carboxylic acid groups (broad SMARTS) is 1. The number of aliphatic hydroxyl groups is 1. The van der Waals surface area contributed by atoms with Gasteiger partial charge in [0.15, 0.2) is 0 Å². The van der Waals surface area contributed by atoms with E-state index in [1.54, 1.807) is 6.92 Å². The van der Waals surface area contributed by atoms with Crippen molar-refractivity contribution in [3.63, 3.8) is 0 Å². The first-order valence-electron chi connectivity index (χ1n) is 5.04. The van der Waals surface area contributed by atoms with Crippen LogP contribution < -0.4 is 0 Å². The summed E-state index contributed by atoms with van der Waals surface area (Å²) < 4.78 is 0. The van der Waals surface area contributed by atoms with Crippen LogP contribution in [-0.4, -0.2) is 22.3 Å². The molecule has 3 nitrogen and oxygen atoms in total. The van der Waals surface area contributed by atoms with Crippen molar-refractivity contribution < 1.29 is 15.0 Å². The summed E-state index contributed by atoms with van der Waals surface area (Å²) in [7, 11) is 0. The third-order valence-corrected chi connectivity index (χ3v) is 2.96. The van der Waals surface area contributed by atoms with Gasteiger partial charge >= 0.3 is 5.97 Å². The number of hydrogen-bond donors (Lipinski definition) is 2. The minimum Gasteiger partial charge on any atom is -0.481 e. The van der Waals surface area contributed by atoms with Crippen LogP contribution in [0.25, 0.3) is 0 Å². The van der Waals surface area contributed by atoms with Crippen LogP contribution >= 0.6 is 0 Å². The number of carboxylic acids is 1. The highest BCUT2D eigenvalue weighted by molar-refractivity contribution is 5.71. The zero-order valence-corrected chi connectivity index (χ0v) is 8.07. The van der Waals surface area contributed by atoms with Gasteiger partial charge in [0.05, 0.1) is 12.0 Å². The summed E-state index contributed by atoms with van der Waals surface area (Å²) in [6.07, 6.45) is 4.63. The van der Waals surface area contributed by atoms with E-state index in [9.17, 15) is 9.90 Å². The summed E-state index contributed by atoms with van der Waals surface area (Å²) in [6.45, 7) is 1.58. The van der Waals surface area contributed by atoms with E-state index in [1.807, 2.05) is 0 Å². The molecule has 0 spiro atoms. The maximum Gasteiger partial charge on any atom is 0.309 e. The SMILES string of the molecule is C[C@@H](O)[C@H](C(=O)O)C1CCCCC1. The van der Waals surface area contributed by atoms with Crippen molar-refractivity contribution in [3.05, 3.63) is 0 Å². The molecule has 0 amide bonds. The Kier molecular flexibility index (Phi) is 3.72. The second kappa shape index (κ2) is 4.61. The first-order valence-corrected chi connectivity index (χ1v) is 5.04. The Morgan fingerprint density at radius 1 is 1.31 bits per heavy atom. The standard InChI is InChI=1S/C10H18O3/c1-7(11)9(10(12)13)8-5-3-2-4-6-8/h7-9,11H,2-6H2,1H3,(H,12,13)/t7-,9+/m1/s1.